The van der Waals surface area contributed by atoms with E-state index in [0.717, 1.165) is 0 Å². The van der Waals surface area contributed by atoms with Crippen LogP contribution in [0, 0.1) is 17.1 Å². The van der Waals surface area contributed by atoms with Crippen LogP contribution >= 0.6 is 0 Å². The second-order valence-corrected chi connectivity index (χ2v) is 6.33. The summed E-state index contributed by atoms with van der Waals surface area (Å²) in [5, 5.41) is 22.6. The molecule has 0 unspecified atom stereocenters. The van der Waals surface area contributed by atoms with Crippen LogP contribution in [-0.4, -0.2) is 35.6 Å². The van der Waals surface area contributed by atoms with Gasteiger partial charge in [-0.3, -0.25) is 9.78 Å². The molecule has 0 saturated carbocycles. The molecule has 1 aliphatic heterocycles. The van der Waals surface area contributed by atoms with Crippen LogP contribution in [0.5, 0.6) is 0 Å². The van der Waals surface area contributed by atoms with Crippen LogP contribution < -0.4 is 10.2 Å². The van der Waals surface area contributed by atoms with Crippen LogP contribution in [0.3, 0.4) is 0 Å². The van der Waals surface area contributed by atoms with Crippen molar-refractivity contribution < 1.29 is 14.3 Å². The van der Waals surface area contributed by atoms with E-state index in [9.17, 15) is 14.3 Å². The number of aromatic nitrogens is 1. The molecule has 0 bridgehead atoms. The lowest BCUT2D eigenvalue weighted by Crippen LogP contribution is -2.40. The highest BCUT2D eigenvalue weighted by atomic mass is 19.1. The van der Waals surface area contributed by atoms with Crippen LogP contribution in [0.25, 0.3) is 0 Å². The van der Waals surface area contributed by atoms with E-state index >= 15 is 0 Å². The van der Waals surface area contributed by atoms with Crippen molar-refractivity contribution in [2.75, 3.05) is 18.5 Å². The van der Waals surface area contributed by atoms with Gasteiger partial charge in [-0.15, -0.1) is 0 Å². The number of aliphatic hydroxyl groups is 1. The topological polar surface area (TPSA) is 89.2 Å². The van der Waals surface area contributed by atoms with Gasteiger partial charge in [-0.2, -0.15) is 5.26 Å². The van der Waals surface area contributed by atoms with Gasteiger partial charge < -0.3 is 15.3 Å². The van der Waals surface area contributed by atoms with Gasteiger partial charge in [0.1, 0.15) is 23.2 Å². The first-order chi connectivity index (χ1) is 12.4. The lowest BCUT2D eigenvalue weighted by atomic mass is 9.88. The van der Waals surface area contributed by atoms with E-state index in [1.807, 2.05) is 11.8 Å². The molecule has 0 aliphatic carbocycles. The Morgan fingerprint density at radius 3 is 2.81 bits per heavy atom. The molecule has 2 atom stereocenters. The SMILES string of the molecule is CNC(=O)c1ccc([C@@]2(O)CCN(c3ccc(C#N)c(F)c3)[C@H]2C)cn1. The third kappa shape index (κ3) is 2.89. The molecule has 1 fully saturated rings. The Hall–Kier alpha value is -2.98. The average Bonchev–Trinajstić information content (AvgIpc) is 2.97. The highest BCUT2D eigenvalue weighted by molar-refractivity contribution is 5.91. The quantitative estimate of drug-likeness (QED) is 0.879. The lowest BCUT2D eigenvalue weighted by Gasteiger charge is -2.32. The third-order valence-electron chi connectivity index (χ3n) is 5.02. The number of benzene rings is 1. The van der Waals surface area contributed by atoms with Crippen LogP contribution in [0.4, 0.5) is 10.1 Å². The number of nitriles is 1. The number of rotatable bonds is 3. The zero-order valence-corrected chi connectivity index (χ0v) is 14.5. The molecule has 2 heterocycles. The molecule has 1 aliphatic rings. The Morgan fingerprint density at radius 2 is 2.23 bits per heavy atom. The van der Waals surface area contributed by atoms with Gasteiger partial charge in [0.15, 0.2) is 0 Å². The fourth-order valence-corrected chi connectivity index (χ4v) is 3.38. The number of hydrogen-bond acceptors (Lipinski definition) is 5. The monoisotopic (exact) mass is 354 g/mol. The maximum Gasteiger partial charge on any atom is 0.269 e. The molecule has 3 rings (SSSR count). The standard InChI is InChI=1S/C19H19FN4O2/c1-12-19(26,14-4-6-17(23-11-14)18(25)22-2)7-8-24(12)15-5-3-13(10-21)16(20)9-15/h3-6,9,11-12,26H,7-8H2,1-2H3,(H,22,25)/t12-,19+/m0/s1. The van der Waals surface area contributed by atoms with Crippen LogP contribution in [0.15, 0.2) is 36.5 Å². The predicted molar refractivity (Wildman–Crippen MR) is 94.1 cm³/mol. The molecule has 2 aromatic rings. The second kappa shape index (κ2) is 6.73. The number of pyridine rings is 1. The molecule has 1 amide bonds. The van der Waals surface area contributed by atoms with Crippen molar-refractivity contribution >= 4 is 11.6 Å². The first-order valence-corrected chi connectivity index (χ1v) is 8.28. The van der Waals surface area contributed by atoms with E-state index in [-0.39, 0.29) is 23.2 Å². The molecule has 134 valence electrons. The summed E-state index contributed by atoms with van der Waals surface area (Å²) in [6.07, 6.45) is 1.95. The molecule has 1 aromatic heterocycles. The van der Waals surface area contributed by atoms with Crippen molar-refractivity contribution in [3.05, 3.63) is 59.2 Å². The van der Waals surface area contributed by atoms with Crippen molar-refractivity contribution in [3.63, 3.8) is 0 Å². The summed E-state index contributed by atoms with van der Waals surface area (Å²) in [6.45, 7) is 2.38. The molecular formula is C19H19FN4O2. The van der Waals surface area contributed by atoms with Crippen LogP contribution in [-0.2, 0) is 5.60 Å². The van der Waals surface area contributed by atoms with E-state index < -0.39 is 11.4 Å². The Bertz CT molecular complexity index is 878. The summed E-state index contributed by atoms with van der Waals surface area (Å²) >= 11 is 0. The van der Waals surface area contributed by atoms with Gasteiger partial charge in [0.2, 0.25) is 0 Å². The van der Waals surface area contributed by atoms with Crippen molar-refractivity contribution in [1.29, 1.82) is 5.26 Å². The van der Waals surface area contributed by atoms with Gasteiger partial charge in [-0.25, -0.2) is 4.39 Å². The zero-order chi connectivity index (χ0) is 18.9. The van der Waals surface area contributed by atoms with Crippen LogP contribution in [0.2, 0.25) is 0 Å². The van der Waals surface area contributed by atoms with Crippen molar-refractivity contribution in [1.82, 2.24) is 10.3 Å². The van der Waals surface area contributed by atoms with Crippen LogP contribution in [0.1, 0.15) is 35.0 Å². The number of carbonyl (C=O) groups is 1. The van der Waals surface area contributed by atoms with E-state index in [0.29, 0.717) is 24.2 Å². The summed E-state index contributed by atoms with van der Waals surface area (Å²) in [5.41, 5.74) is 0.314. The maximum absolute atomic E-state index is 13.9. The largest absolute Gasteiger partial charge is 0.383 e. The molecular weight excluding hydrogens is 335 g/mol. The summed E-state index contributed by atoms with van der Waals surface area (Å²) in [4.78, 5) is 17.6. The highest BCUT2D eigenvalue weighted by Crippen LogP contribution is 2.40. The summed E-state index contributed by atoms with van der Waals surface area (Å²) in [6, 6.07) is 9.16. The maximum atomic E-state index is 13.9. The molecule has 1 aromatic carbocycles. The molecule has 6 nitrogen and oxygen atoms in total. The first kappa shape index (κ1) is 17.8. The highest BCUT2D eigenvalue weighted by Gasteiger charge is 2.45. The first-order valence-electron chi connectivity index (χ1n) is 8.28. The second-order valence-electron chi connectivity index (χ2n) is 6.33. The predicted octanol–water partition coefficient (Wildman–Crippen LogP) is 1.94. The fraction of sp³-hybridized carbons (Fsp3) is 0.316. The number of anilines is 1. The number of nitrogens with zero attached hydrogens (tertiary/aromatic N) is 3. The van der Waals surface area contributed by atoms with Crippen molar-refractivity contribution in [2.24, 2.45) is 0 Å². The van der Waals surface area contributed by atoms with Gasteiger partial charge in [0.05, 0.1) is 11.6 Å². The third-order valence-corrected chi connectivity index (χ3v) is 5.02. The van der Waals surface area contributed by atoms with E-state index in [1.54, 1.807) is 24.3 Å². The van der Waals surface area contributed by atoms with E-state index in [1.165, 1.54) is 25.4 Å². The Labute approximate surface area is 150 Å². The number of carbonyl (C=O) groups excluding carboxylic acids is 1. The van der Waals surface area contributed by atoms with Gasteiger partial charge in [0.25, 0.3) is 5.91 Å². The molecule has 1 saturated heterocycles. The zero-order valence-electron chi connectivity index (χ0n) is 14.5. The fourth-order valence-electron chi connectivity index (χ4n) is 3.38. The lowest BCUT2D eigenvalue weighted by molar-refractivity contribution is 0.0326. The van der Waals surface area contributed by atoms with Gasteiger partial charge in [0, 0.05) is 31.0 Å². The molecule has 0 radical (unpaired) electrons. The van der Waals surface area contributed by atoms with Gasteiger partial charge >= 0.3 is 0 Å². The summed E-state index contributed by atoms with van der Waals surface area (Å²) in [5.74, 6) is -0.873. The van der Waals surface area contributed by atoms with E-state index in [4.69, 9.17) is 5.26 Å². The molecule has 26 heavy (non-hydrogen) atoms. The number of hydrogen-bond donors (Lipinski definition) is 2. The number of amides is 1. The average molecular weight is 354 g/mol. The minimum Gasteiger partial charge on any atom is -0.383 e. The molecule has 2 N–H and O–H groups in total. The molecule has 7 heteroatoms. The van der Waals surface area contributed by atoms with Gasteiger partial charge in [-0.05, 0) is 37.6 Å². The minimum atomic E-state index is -1.17. The van der Waals surface area contributed by atoms with Crippen molar-refractivity contribution in [2.45, 2.75) is 25.0 Å². The smallest absolute Gasteiger partial charge is 0.269 e. The Kier molecular flexibility index (Phi) is 4.62. The van der Waals surface area contributed by atoms with Gasteiger partial charge in [-0.1, -0.05) is 6.07 Å². The Balaban J connectivity index is 1.87. The number of halogens is 1. The summed E-state index contributed by atoms with van der Waals surface area (Å²) < 4.78 is 13.9. The normalized spacial score (nSPS) is 22.1. The van der Waals surface area contributed by atoms with E-state index in [2.05, 4.69) is 10.3 Å². The molecule has 0 spiro atoms. The van der Waals surface area contributed by atoms with Crippen molar-refractivity contribution in [3.8, 4) is 6.07 Å². The minimum absolute atomic E-state index is 0.00940. The number of nitrogens with one attached hydrogen (secondary N) is 1. The Morgan fingerprint density at radius 1 is 1.46 bits per heavy atom. The summed E-state index contributed by atoms with van der Waals surface area (Å²) in [7, 11) is 1.53.